The van der Waals surface area contributed by atoms with Crippen LogP contribution in [0.2, 0.25) is 0 Å². The molecule has 110 valence electrons. The van der Waals surface area contributed by atoms with E-state index >= 15 is 0 Å². The smallest absolute Gasteiger partial charge is 0.188 e. The van der Waals surface area contributed by atoms with E-state index in [1.807, 2.05) is 42.6 Å². The summed E-state index contributed by atoms with van der Waals surface area (Å²) < 4.78 is 5.17. The number of thioether (sulfide) groups is 1. The Hall–Kier alpha value is -2.33. The summed E-state index contributed by atoms with van der Waals surface area (Å²) in [5.74, 6) is 1.71. The summed E-state index contributed by atoms with van der Waals surface area (Å²) >= 11 is 1.63. The zero-order valence-electron chi connectivity index (χ0n) is 12.3. The highest BCUT2D eigenvalue weighted by atomic mass is 32.2. The second-order valence-electron chi connectivity index (χ2n) is 4.73. The van der Waals surface area contributed by atoms with E-state index in [-0.39, 0.29) is 0 Å². The first-order valence-corrected chi connectivity index (χ1v) is 7.98. The van der Waals surface area contributed by atoms with Crippen LogP contribution in [-0.2, 0) is 5.75 Å². The third-order valence-corrected chi connectivity index (χ3v) is 4.16. The summed E-state index contributed by atoms with van der Waals surface area (Å²) in [4.78, 5) is 8.96. The fraction of sp³-hybridized carbons (Fsp3) is 0.111. The highest BCUT2D eigenvalue weighted by Gasteiger charge is 2.03. The minimum Gasteiger partial charge on any atom is -0.497 e. The molecule has 0 N–H and O–H groups in total. The van der Waals surface area contributed by atoms with Crippen LogP contribution in [0.5, 0.6) is 5.75 Å². The summed E-state index contributed by atoms with van der Waals surface area (Å²) in [7, 11) is 1.67. The Morgan fingerprint density at radius 2 is 1.73 bits per heavy atom. The van der Waals surface area contributed by atoms with Gasteiger partial charge in [-0.25, -0.2) is 9.97 Å². The summed E-state index contributed by atoms with van der Waals surface area (Å²) in [5, 5.41) is 0.789. The van der Waals surface area contributed by atoms with E-state index in [1.54, 1.807) is 18.9 Å². The van der Waals surface area contributed by atoms with Crippen molar-refractivity contribution >= 4 is 11.8 Å². The van der Waals surface area contributed by atoms with E-state index in [4.69, 9.17) is 4.74 Å². The van der Waals surface area contributed by atoms with Crippen LogP contribution < -0.4 is 4.74 Å². The van der Waals surface area contributed by atoms with Gasteiger partial charge in [0.25, 0.3) is 0 Å². The number of methoxy groups -OCH3 is 1. The van der Waals surface area contributed by atoms with Gasteiger partial charge in [0.15, 0.2) is 5.16 Å². The van der Waals surface area contributed by atoms with Crippen molar-refractivity contribution < 1.29 is 4.74 Å². The van der Waals surface area contributed by atoms with Gasteiger partial charge < -0.3 is 4.74 Å². The maximum atomic E-state index is 5.17. The predicted octanol–water partition coefficient (Wildman–Crippen LogP) is 4.44. The summed E-state index contributed by atoms with van der Waals surface area (Å²) in [6.07, 6.45) is 1.81. The van der Waals surface area contributed by atoms with Crippen LogP contribution in [0.25, 0.3) is 11.3 Å². The minimum absolute atomic E-state index is 0.789. The van der Waals surface area contributed by atoms with Crippen LogP contribution in [-0.4, -0.2) is 17.1 Å². The average molecular weight is 308 g/mol. The lowest BCUT2D eigenvalue weighted by atomic mass is 10.1. The number of ether oxygens (including phenoxy) is 1. The second-order valence-corrected chi connectivity index (χ2v) is 5.67. The van der Waals surface area contributed by atoms with Gasteiger partial charge in [-0.2, -0.15) is 0 Å². The molecule has 0 bridgehead atoms. The molecule has 0 atom stereocenters. The Kier molecular flexibility index (Phi) is 4.71. The Morgan fingerprint density at radius 3 is 2.45 bits per heavy atom. The molecule has 0 spiro atoms. The van der Waals surface area contributed by atoms with Crippen molar-refractivity contribution in [2.75, 3.05) is 7.11 Å². The number of nitrogens with zero attached hydrogens (tertiary/aromatic N) is 2. The molecule has 0 aliphatic carbocycles. The predicted molar refractivity (Wildman–Crippen MR) is 90.0 cm³/mol. The summed E-state index contributed by atoms with van der Waals surface area (Å²) in [6.45, 7) is 0. The molecule has 0 saturated carbocycles. The number of aromatic nitrogens is 2. The van der Waals surface area contributed by atoms with Crippen LogP contribution in [0.4, 0.5) is 0 Å². The third kappa shape index (κ3) is 3.65. The van der Waals surface area contributed by atoms with Gasteiger partial charge in [-0.05, 0) is 23.8 Å². The highest BCUT2D eigenvalue weighted by molar-refractivity contribution is 7.98. The normalized spacial score (nSPS) is 10.4. The van der Waals surface area contributed by atoms with Gasteiger partial charge in [0.2, 0.25) is 0 Å². The highest BCUT2D eigenvalue weighted by Crippen LogP contribution is 2.23. The average Bonchev–Trinajstić information content (AvgIpc) is 2.61. The Morgan fingerprint density at radius 1 is 0.955 bits per heavy atom. The lowest BCUT2D eigenvalue weighted by Crippen LogP contribution is -1.90. The van der Waals surface area contributed by atoms with Crippen LogP contribution >= 0.6 is 11.8 Å². The zero-order chi connectivity index (χ0) is 15.2. The largest absolute Gasteiger partial charge is 0.497 e. The first-order chi connectivity index (χ1) is 10.8. The molecule has 4 heteroatoms. The fourth-order valence-corrected chi connectivity index (χ4v) is 2.84. The van der Waals surface area contributed by atoms with E-state index in [0.717, 1.165) is 27.9 Å². The molecule has 2 aromatic carbocycles. The van der Waals surface area contributed by atoms with Gasteiger partial charge in [-0.3, -0.25) is 0 Å². The molecule has 3 aromatic rings. The van der Waals surface area contributed by atoms with E-state index in [2.05, 4.69) is 34.2 Å². The minimum atomic E-state index is 0.789. The fourth-order valence-electron chi connectivity index (χ4n) is 2.05. The van der Waals surface area contributed by atoms with Crippen LogP contribution in [0.3, 0.4) is 0 Å². The molecule has 22 heavy (non-hydrogen) atoms. The van der Waals surface area contributed by atoms with Gasteiger partial charge in [0.1, 0.15) is 5.75 Å². The molecule has 0 saturated heterocycles. The first-order valence-electron chi connectivity index (χ1n) is 6.99. The first kappa shape index (κ1) is 14.6. The second kappa shape index (κ2) is 7.09. The lowest BCUT2D eigenvalue weighted by molar-refractivity contribution is 0.414. The van der Waals surface area contributed by atoms with Crippen LogP contribution in [0.1, 0.15) is 5.56 Å². The number of rotatable bonds is 5. The molecule has 0 unspecified atom stereocenters. The van der Waals surface area contributed by atoms with Gasteiger partial charge in [-0.15, -0.1) is 0 Å². The van der Waals surface area contributed by atoms with E-state index in [0.29, 0.717) is 0 Å². The van der Waals surface area contributed by atoms with E-state index < -0.39 is 0 Å². The molecule has 3 nitrogen and oxygen atoms in total. The van der Waals surface area contributed by atoms with Crippen molar-refractivity contribution in [1.29, 1.82) is 0 Å². The Bertz CT molecular complexity index is 730. The molecule has 0 amide bonds. The summed E-state index contributed by atoms with van der Waals surface area (Å²) in [6, 6.07) is 20.1. The van der Waals surface area contributed by atoms with Crippen LogP contribution in [0, 0.1) is 0 Å². The topological polar surface area (TPSA) is 35.0 Å². The molecule has 3 rings (SSSR count). The SMILES string of the molecule is COc1ccc(CSc2nccc(-c3ccccc3)n2)cc1. The molecule has 1 heterocycles. The quantitative estimate of drug-likeness (QED) is 0.515. The molecule has 0 aliphatic rings. The van der Waals surface area contributed by atoms with Gasteiger partial charge in [0.05, 0.1) is 12.8 Å². The van der Waals surface area contributed by atoms with Gasteiger partial charge >= 0.3 is 0 Å². The molecular weight excluding hydrogens is 292 g/mol. The standard InChI is InChI=1S/C18H16N2OS/c1-21-16-9-7-14(8-10-16)13-22-18-19-12-11-17(20-18)15-5-3-2-4-6-15/h2-12H,13H2,1H3. The maximum absolute atomic E-state index is 5.17. The van der Waals surface area contributed by atoms with Crippen molar-refractivity contribution in [3.63, 3.8) is 0 Å². The molecule has 0 fully saturated rings. The number of benzene rings is 2. The monoisotopic (exact) mass is 308 g/mol. The molecular formula is C18H16N2OS. The number of hydrogen-bond acceptors (Lipinski definition) is 4. The van der Waals surface area contributed by atoms with Gasteiger partial charge in [0, 0.05) is 17.5 Å². The number of hydrogen-bond donors (Lipinski definition) is 0. The van der Waals surface area contributed by atoms with E-state index in [9.17, 15) is 0 Å². The summed E-state index contributed by atoms with van der Waals surface area (Å²) in [5.41, 5.74) is 3.28. The third-order valence-electron chi connectivity index (χ3n) is 3.23. The Labute approximate surface area is 134 Å². The molecule has 0 radical (unpaired) electrons. The van der Waals surface area contributed by atoms with E-state index in [1.165, 1.54) is 5.56 Å². The molecule has 0 aliphatic heterocycles. The van der Waals surface area contributed by atoms with Crippen molar-refractivity contribution in [2.24, 2.45) is 0 Å². The zero-order valence-corrected chi connectivity index (χ0v) is 13.1. The van der Waals surface area contributed by atoms with Crippen molar-refractivity contribution in [1.82, 2.24) is 9.97 Å². The van der Waals surface area contributed by atoms with Crippen molar-refractivity contribution in [3.05, 3.63) is 72.4 Å². The van der Waals surface area contributed by atoms with Gasteiger partial charge in [-0.1, -0.05) is 54.2 Å². The Balaban J connectivity index is 1.70. The van der Waals surface area contributed by atoms with Crippen LogP contribution in [0.15, 0.2) is 72.0 Å². The lowest BCUT2D eigenvalue weighted by Gasteiger charge is -2.05. The molecule has 1 aromatic heterocycles. The maximum Gasteiger partial charge on any atom is 0.188 e. The van der Waals surface area contributed by atoms with Crippen molar-refractivity contribution in [3.8, 4) is 17.0 Å². The van der Waals surface area contributed by atoms with Crippen molar-refractivity contribution in [2.45, 2.75) is 10.9 Å².